The summed E-state index contributed by atoms with van der Waals surface area (Å²) in [6, 6.07) is 0. The third kappa shape index (κ3) is 36.1. The maximum Gasteiger partial charge on any atom is 0.519 e. The molecule has 0 heterocycles. The molecule has 30 nitrogen and oxygen atoms in total. The van der Waals surface area contributed by atoms with Crippen LogP contribution in [-0.4, -0.2) is 142 Å². The molecular formula is C44H72O30P2. The van der Waals surface area contributed by atoms with E-state index in [1.807, 2.05) is 0 Å². The number of ether oxygens (including phenoxy) is 11. The van der Waals surface area contributed by atoms with Gasteiger partial charge in [0.2, 0.25) is 40.8 Å². The zero-order valence-electron chi connectivity index (χ0n) is 45.0. The molecule has 438 valence electrons. The Morgan fingerprint density at radius 3 is 0.974 bits per heavy atom. The molecule has 76 heavy (non-hydrogen) atoms. The van der Waals surface area contributed by atoms with Gasteiger partial charge in [-0.05, 0) is 103 Å². The molecular weight excluding hydrogens is 1070 g/mol. The lowest BCUT2D eigenvalue weighted by atomic mass is 9.97. The van der Waals surface area contributed by atoms with Gasteiger partial charge in [-0.25, -0.2) is 14.4 Å². The fraction of sp³-hybridized carbons (Fsp3) is 0.750. The molecule has 0 aromatic heterocycles. The first-order valence-electron chi connectivity index (χ1n) is 22.8. The number of esters is 6. The number of carboxylic acids is 2. The van der Waals surface area contributed by atoms with Crippen LogP contribution in [0, 0.1) is 28.1 Å². The molecule has 2 atom stereocenters. The number of carboxylic acid groups (broad SMARTS) is 2. The van der Waals surface area contributed by atoms with E-state index in [-0.39, 0.29) is 6.42 Å². The second-order valence-electron chi connectivity index (χ2n) is 19.2. The SMILES string of the molecule is CC(=O)OC(=O)OCOC(=O)C(CCC(=O)O)CP(=O)(OCOC(=O)OC(C)C)OCOC(=O)OC(C)C.CC(C)(C)C(=O)OCOC(=O)C(CCC(=O)O)CP(=O)(OCOC(=O)C(C)(C)C)OCOC(=O)C(C)(C)C. The molecule has 0 rings (SSSR count). The third-order valence-corrected chi connectivity index (χ3v) is 12.0. The van der Waals surface area contributed by atoms with E-state index in [4.69, 9.17) is 61.5 Å². The smallest absolute Gasteiger partial charge is 0.481 e. The van der Waals surface area contributed by atoms with Crippen molar-refractivity contribution >= 4 is 81.4 Å². The molecule has 0 saturated carbocycles. The van der Waals surface area contributed by atoms with Gasteiger partial charge < -0.3 is 62.3 Å². The molecule has 0 radical (unpaired) electrons. The van der Waals surface area contributed by atoms with E-state index in [2.05, 4.69) is 18.9 Å². The number of carbonyl (C=O) groups is 11. The van der Waals surface area contributed by atoms with Gasteiger partial charge >= 0.3 is 81.4 Å². The zero-order chi connectivity index (χ0) is 59.3. The van der Waals surface area contributed by atoms with E-state index in [9.17, 15) is 61.9 Å². The summed E-state index contributed by atoms with van der Waals surface area (Å²) in [7, 11) is -8.82. The van der Waals surface area contributed by atoms with Crippen molar-refractivity contribution in [2.24, 2.45) is 28.1 Å². The maximum atomic E-state index is 13.5. The molecule has 0 fully saturated rings. The summed E-state index contributed by atoms with van der Waals surface area (Å²) in [6.07, 6.45) is -8.35. The molecule has 2 N–H and O–H groups in total. The normalized spacial score (nSPS) is 12.5. The Bertz CT molecular complexity index is 1980. The van der Waals surface area contributed by atoms with Crippen molar-refractivity contribution < 1.29 is 142 Å². The highest BCUT2D eigenvalue weighted by atomic mass is 31.2. The maximum absolute atomic E-state index is 13.5. The van der Waals surface area contributed by atoms with Gasteiger partial charge in [0.1, 0.15) is 0 Å². The van der Waals surface area contributed by atoms with Crippen LogP contribution in [0.15, 0.2) is 0 Å². The summed E-state index contributed by atoms with van der Waals surface area (Å²) in [5.41, 5.74) is -2.65. The highest BCUT2D eigenvalue weighted by Gasteiger charge is 2.38. The van der Waals surface area contributed by atoms with Crippen molar-refractivity contribution in [2.75, 3.05) is 53.1 Å². The molecule has 0 aliphatic heterocycles. The van der Waals surface area contributed by atoms with Crippen molar-refractivity contribution in [3.63, 3.8) is 0 Å². The van der Waals surface area contributed by atoms with Crippen LogP contribution < -0.4 is 0 Å². The standard InChI is InChI=1S/C24H41O13P.C20H31O17P/c1-22(2,3)19(28)33-13-32-18(27)16(10-11-17(25)26)12-38(31,36-14-34-20(29)23(4,5)6)37-15-35-21(30)24(7,8)9;1-12(2)35-18(25)31-10-33-38(28,34-11-32-19(26)36-13(3)4)8-15(6-7-16(22)23)17(24)29-9-30-20(27)37-14(5)21/h16H,10-15H2,1-9H3,(H,25,26);12-13,15H,6-11H2,1-5H3,(H,22,23). The minimum absolute atomic E-state index is 0.332. The number of aliphatic carboxylic acids is 2. The van der Waals surface area contributed by atoms with Crippen LogP contribution in [0.2, 0.25) is 0 Å². The van der Waals surface area contributed by atoms with Gasteiger partial charge in [0, 0.05) is 19.8 Å². The van der Waals surface area contributed by atoms with Crippen LogP contribution in [0.25, 0.3) is 0 Å². The fourth-order valence-corrected chi connectivity index (χ4v) is 7.55. The first-order valence-corrected chi connectivity index (χ1v) is 26.2. The number of hydrogen-bond acceptors (Lipinski definition) is 28. The second-order valence-corrected chi connectivity index (χ2v) is 23.4. The van der Waals surface area contributed by atoms with E-state index in [1.54, 1.807) is 62.3 Å². The van der Waals surface area contributed by atoms with Crippen LogP contribution in [0.4, 0.5) is 14.4 Å². The van der Waals surface area contributed by atoms with E-state index >= 15 is 0 Å². The lowest BCUT2D eigenvalue weighted by molar-refractivity contribution is -0.176. The Balaban J connectivity index is 0. The first-order chi connectivity index (χ1) is 34.7. The first kappa shape index (κ1) is 72.1. The van der Waals surface area contributed by atoms with Gasteiger partial charge in [0.25, 0.3) is 0 Å². The van der Waals surface area contributed by atoms with Crippen molar-refractivity contribution in [3.8, 4) is 0 Å². The number of hydrogen-bond donors (Lipinski definition) is 2. The van der Waals surface area contributed by atoms with Crippen LogP contribution >= 0.6 is 15.2 Å². The molecule has 0 aromatic rings. The Morgan fingerprint density at radius 2 is 0.697 bits per heavy atom. The van der Waals surface area contributed by atoms with Crippen molar-refractivity contribution in [3.05, 3.63) is 0 Å². The molecule has 0 aliphatic carbocycles. The summed E-state index contributed by atoms with van der Waals surface area (Å²) in [5.74, 6) is -10.6. The minimum atomic E-state index is -4.48. The Labute approximate surface area is 438 Å². The van der Waals surface area contributed by atoms with Gasteiger partial charge in [-0.15, -0.1) is 0 Å². The third-order valence-electron chi connectivity index (χ3n) is 8.20. The van der Waals surface area contributed by atoms with E-state index in [0.29, 0.717) is 0 Å². The highest BCUT2D eigenvalue weighted by Crippen LogP contribution is 2.52. The van der Waals surface area contributed by atoms with Crippen LogP contribution in [0.1, 0.15) is 123 Å². The molecule has 32 heteroatoms. The fourth-order valence-electron chi connectivity index (χ4n) is 4.38. The largest absolute Gasteiger partial charge is 0.519 e. The average Bonchev–Trinajstić information content (AvgIpc) is 3.24. The minimum Gasteiger partial charge on any atom is -0.481 e. The van der Waals surface area contributed by atoms with E-state index in [1.165, 1.54) is 27.7 Å². The molecule has 2 unspecified atom stereocenters. The van der Waals surface area contributed by atoms with Gasteiger partial charge in [0.05, 0.1) is 52.6 Å². The molecule has 0 aromatic carbocycles. The predicted octanol–water partition coefficient (Wildman–Crippen LogP) is 6.81. The van der Waals surface area contributed by atoms with Gasteiger partial charge in [-0.2, -0.15) is 0 Å². The number of rotatable bonds is 30. The molecule has 0 spiro atoms. The van der Waals surface area contributed by atoms with Gasteiger partial charge in [-0.3, -0.25) is 65.6 Å². The topological polar surface area (TPSA) is 401 Å². The van der Waals surface area contributed by atoms with Crippen molar-refractivity contribution in [2.45, 2.75) is 135 Å². The van der Waals surface area contributed by atoms with Crippen molar-refractivity contribution in [1.29, 1.82) is 0 Å². The van der Waals surface area contributed by atoms with Gasteiger partial charge in [-0.1, -0.05) is 0 Å². The predicted molar refractivity (Wildman–Crippen MR) is 252 cm³/mol. The molecule has 0 aliphatic rings. The second kappa shape index (κ2) is 34.7. The summed E-state index contributed by atoms with van der Waals surface area (Å²) in [5, 5.41) is 18.1. The summed E-state index contributed by atoms with van der Waals surface area (Å²) >= 11 is 0. The highest BCUT2D eigenvalue weighted by molar-refractivity contribution is 7.54. The summed E-state index contributed by atoms with van der Waals surface area (Å²) in [6.45, 7) is 16.0. The van der Waals surface area contributed by atoms with Crippen LogP contribution in [0.5, 0.6) is 0 Å². The summed E-state index contributed by atoms with van der Waals surface area (Å²) < 4.78 is 98.7. The quantitative estimate of drug-likeness (QED) is 0.0245. The van der Waals surface area contributed by atoms with E-state index < -0.39 is 194 Å². The van der Waals surface area contributed by atoms with Crippen LogP contribution in [0.3, 0.4) is 0 Å². The Hall–Kier alpha value is -5.93. The number of carbonyl (C=O) groups excluding carboxylic acids is 9. The summed E-state index contributed by atoms with van der Waals surface area (Å²) in [4.78, 5) is 128. The zero-order valence-corrected chi connectivity index (χ0v) is 46.8. The Kier molecular flexibility index (Phi) is 32.9. The van der Waals surface area contributed by atoms with E-state index in [0.717, 1.165) is 6.92 Å². The lowest BCUT2D eigenvalue weighted by Crippen LogP contribution is -2.28. The van der Waals surface area contributed by atoms with Crippen molar-refractivity contribution in [1.82, 2.24) is 0 Å². The molecule has 0 saturated heterocycles. The lowest BCUT2D eigenvalue weighted by Gasteiger charge is -2.24. The molecule has 0 amide bonds. The average molecular weight is 1140 g/mol. The Morgan fingerprint density at radius 1 is 0.421 bits per heavy atom. The van der Waals surface area contributed by atoms with Gasteiger partial charge in [0.15, 0.2) is 0 Å². The van der Waals surface area contributed by atoms with Crippen LogP contribution in [-0.2, 0) is 118 Å². The monoisotopic (exact) mass is 1140 g/mol. The molecule has 0 bridgehead atoms.